The first-order valence-electron chi connectivity index (χ1n) is 16.4. The quantitative estimate of drug-likeness (QED) is 0.339. The van der Waals surface area contributed by atoms with E-state index in [1.165, 1.54) is 0 Å². The fraction of sp³-hybridized carbons (Fsp3) is 0.778. The number of carbonyl (C=O) groups is 3. The molecule has 0 spiro atoms. The van der Waals surface area contributed by atoms with Gasteiger partial charge in [0.05, 0.1) is 6.57 Å². The number of alkyl carbamates (subject to hydrolysis) is 1. The van der Waals surface area contributed by atoms with Gasteiger partial charge in [-0.15, -0.1) is 0 Å². The maximum Gasteiger partial charge on any atom is 0.407 e. The number of ether oxygens (including phenoxy) is 1. The number of allylic oxidation sites excluding steroid dienone is 4. The summed E-state index contributed by atoms with van der Waals surface area (Å²) in [5.41, 5.74) is -0.766. The Bertz CT molecular complexity index is 1330. The second-order valence-electron chi connectivity index (χ2n) is 16.8. The van der Waals surface area contributed by atoms with Crippen LogP contribution < -0.4 is 5.32 Å². The van der Waals surface area contributed by atoms with E-state index in [0.717, 1.165) is 76.2 Å². The van der Waals surface area contributed by atoms with Gasteiger partial charge in [0.25, 0.3) is 0 Å². The summed E-state index contributed by atoms with van der Waals surface area (Å²) in [7, 11) is 0. The predicted molar refractivity (Wildman–Crippen MR) is 162 cm³/mol. The fourth-order valence-corrected chi connectivity index (χ4v) is 11.2. The summed E-state index contributed by atoms with van der Waals surface area (Å²) >= 11 is 0. The Hall–Kier alpha value is -2.42. The minimum Gasteiger partial charge on any atom is -0.446 e. The van der Waals surface area contributed by atoms with Gasteiger partial charge in [-0.25, -0.2) is 9.64 Å². The second kappa shape index (κ2) is 9.29. The Morgan fingerprint density at radius 2 is 1.62 bits per heavy atom. The highest BCUT2D eigenvalue weighted by molar-refractivity contribution is 6.03. The standard InChI is InChI=1S/C36H50N2O4/c1-31(2)15-17-36(38-30(41)42-22-11-9-10-12-22)18-16-35(7)28(23(36)20-31)25(39)19-27-33(5)21-24(37-8)29(40)32(3,4)26(33)13-14-34(27,35)6/h19,21-23,26,28H,9-18,20H2,1-7H3,(H,38,41)/t23-,26-,28-,33-,34+,35+,36-/m0/s1. The molecular formula is C36H50N2O4. The van der Waals surface area contributed by atoms with Gasteiger partial charge in [-0.3, -0.25) is 4.79 Å². The minimum atomic E-state index is -0.662. The van der Waals surface area contributed by atoms with Crippen LogP contribution in [0.3, 0.4) is 0 Å². The van der Waals surface area contributed by atoms with Crippen molar-refractivity contribution in [1.29, 1.82) is 0 Å². The summed E-state index contributed by atoms with van der Waals surface area (Å²) in [5, 5.41) is 3.42. The molecular weight excluding hydrogens is 524 g/mol. The van der Waals surface area contributed by atoms with Gasteiger partial charge < -0.3 is 14.8 Å². The van der Waals surface area contributed by atoms with Crippen molar-refractivity contribution in [3.8, 4) is 0 Å². The van der Waals surface area contributed by atoms with Crippen molar-refractivity contribution in [3.63, 3.8) is 0 Å². The number of rotatable bonds is 2. The molecule has 0 aromatic heterocycles. The molecule has 6 rings (SSSR count). The zero-order chi connectivity index (χ0) is 30.5. The summed E-state index contributed by atoms with van der Waals surface area (Å²) < 4.78 is 5.92. The zero-order valence-corrected chi connectivity index (χ0v) is 26.8. The molecule has 1 amide bonds. The number of nitrogens with one attached hydrogen (secondary N) is 1. The van der Waals surface area contributed by atoms with Gasteiger partial charge in [0, 0.05) is 22.3 Å². The smallest absolute Gasteiger partial charge is 0.407 e. The van der Waals surface area contributed by atoms with E-state index in [-0.39, 0.29) is 63.5 Å². The van der Waals surface area contributed by atoms with Crippen molar-refractivity contribution in [1.82, 2.24) is 5.32 Å². The number of hydrogen-bond donors (Lipinski definition) is 1. The molecule has 6 aliphatic rings. The molecule has 6 aliphatic carbocycles. The lowest BCUT2D eigenvalue weighted by Gasteiger charge is -2.69. The molecule has 6 heteroatoms. The summed E-state index contributed by atoms with van der Waals surface area (Å²) in [6, 6.07) is 0. The summed E-state index contributed by atoms with van der Waals surface area (Å²) in [6.07, 6.45) is 13.9. The molecule has 0 radical (unpaired) electrons. The highest BCUT2D eigenvalue weighted by Crippen LogP contribution is 2.73. The Labute approximate surface area is 252 Å². The van der Waals surface area contributed by atoms with Crippen LogP contribution >= 0.6 is 0 Å². The topological polar surface area (TPSA) is 76.8 Å². The number of carbonyl (C=O) groups excluding carboxylic acids is 3. The summed E-state index contributed by atoms with van der Waals surface area (Å²) in [6.45, 7) is 23.3. The van der Waals surface area contributed by atoms with Crippen molar-refractivity contribution < 1.29 is 19.1 Å². The molecule has 0 aromatic carbocycles. The molecule has 0 saturated heterocycles. The largest absolute Gasteiger partial charge is 0.446 e. The zero-order valence-electron chi connectivity index (χ0n) is 26.8. The second-order valence-corrected chi connectivity index (χ2v) is 16.8. The molecule has 4 saturated carbocycles. The van der Waals surface area contributed by atoms with E-state index in [1.54, 1.807) is 0 Å². The highest BCUT2D eigenvalue weighted by atomic mass is 16.6. The number of hydrogen-bond acceptors (Lipinski definition) is 4. The molecule has 0 unspecified atom stereocenters. The van der Waals surface area contributed by atoms with Crippen LogP contribution in [0.1, 0.15) is 119 Å². The van der Waals surface area contributed by atoms with E-state index < -0.39 is 16.4 Å². The van der Waals surface area contributed by atoms with E-state index in [4.69, 9.17) is 11.3 Å². The molecule has 42 heavy (non-hydrogen) atoms. The number of fused-ring (bicyclic) bond motifs is 7. The monoisotopic (exact) mass is 574 g/mol. The normalized spacial score (nSPS) is 43.9. The van der Waals surface area contributed by atoms with Crippen molar-refractivity contribution >= 4 is 17.7 Å². The van der Waals surface area contributed by atoms with Gasteiger partial charge >= 0.3 is 6.09 Å². The van der Waals surface area contributed by atoms with Gasteiger partial charge in [-0.05, 0) is 105 Å². The van der Waals surface area contributed by atoms with Crippen LogP contribution in [0.5, 0.6) is 0 Å². The van der Waals surface area contributed by atoms with E-state index >= 15 is 0 Å². The van der Waals surface area contributed by atoms with Gasteiger partial charge in [-0.1, -0.05) is 60.1 Å². The third-order valence-electron chi connectivity index (χ3n) is 13.8. The van der Waals surface area contributed by atoms with Crippen LogP contribution in [0, 0.1) is 51.4 Å². The molecule has 4 fully saturated rings. The lowest BCUT2D eigenvalue weighted by molar-refractivity contribution is -0.161. The lowest BCUT2D eigenvalue weighted by Crippen LogP contribution is -2.69. The number of nitrogens with zero attached hydrogens (tertiary/aromatic N) is 1. The van der Waals surface area contributed by atoms with Crippen molar-refractivity contribution in [2.75, 3.05) is 0 Å². The van der Waals surface area contributed by atoms with E-state index in [0.29, 0.717) is 0 Å². The van der Waals surface area contributed by atoms with Crippen molar-refractivity contribution in [3.05, 3.63) is 34.8 Å². The molecule has 228 valence electrons. The summed E-state index contributed by atoms with van der Waals surface area (Å²) in [5.74, 6) is -0.0370. The third-order valence-corrected chi connectivity index (χ3v) is 13.8. The fourth-order valence-electron chi connectivity index (χ4n) is 11.2. The van der Waals surface area contributed by atoms with E-state index in [2.05, 4.69) is 44.8 Å². The molecule has 0 aromatic rings. The first-order valence-corrected chi connectivity index (χ1v) is 16.4. The van der Waals surface area contributed by atoms with Crippen LogP contribution in [0.2, 0.25) is 0 Å². The maximum atomic E-state index is 14.6. The van der Waals surface area contributed by atoms with Crippen molar-refractivity contribution in [2.45, 2.75) is 131 Å². The Morgan fingerprint density at radius 1 is 0.952 bits per heavy atom. The van der Waals surface area contributed by atoms with Crippen LogP contribution in [-0.2, 0) is 14.3 Å². The number of ketones is 2. The van der Waals surface area contributed by atoms with Crippen LogP contribution in [0.4, 0.5) is 4.79 Å². The van der Waals surface area contributed by atoms with E-state index in [9.17, 15) is 14.4 Å². The van der Waals surface area contributed by atoms with Crippen LogP contribution in [-0.4, -0.2) is 29.3 Å². The third kappa shape index (κ3) is 3.97. The molecule has 0 bridgehead atoms. The van der Waals surface area contributed by atoms with Gasteiger partial charge in [-0.2, -0.15) is 0 Å². The van der Waals surface area contributed by atoms with Gasteiger partial charge in [0.15, 0.2) is 11.6 Å². The lowest BCUT2D eigenvalue weighted by atomic mass is 9.35. The maximum absolute atomic E-state index is 14.6. The predicted octanol–water partition coefficient (Wildman–Crippen LogP) is 7.98. The molecule has 7 atom stereocenters. The molecule has 0 aliphatic heterocycles. The first-order chi connectivity index (χ1) is 19.5. The summed E-state index contributed by atoms with van der Waals surface area (Å²) in [4.78, 5) is 45.0. The Kier molecular flexibility index (Phi) is 6.56. The number of Topliss-reactive ketones (excluding diaryl/α,β-unsaturated/α-hetero) is 1. The number of amides is 1. The van der Waals surface area contributed by atoms with Gasteiger partial charge in [0.1, 0.15) is 6.10 Å². The molecule has 1 N–H and O–H groups in total. The van der Waals surface area contributed by atoms with E-state index in [1.807, 2.05) is 26.0 Å². The Balaban J connectivity index is 1.43. The van der Waals surface area contributed by atoms with Crippen LogP contribution in [0.15, 0.2) is 23.4 Å². The van der Waals surface area contributed by atoms with Gasteiger partial charge in [0.2, 0.25) is 5.70 Å². The SMILES string of the molecule is [C-]#[N+]C1=C[C@]2(C)C3=CC(=O)[C@@H]4[C@@H]5CC(C)(C)CC[C@]5(NC(=O)OC5CCCC5)CC[C@@]4(C)[C@]3(C)CC[C@H]2C(C)(C)C1=O. The molecule has 6 nitrogen and oxygen atoms in total. The average Bonchev–Trinajstić information content (AvgIpc) is 3.41. The first kappa shape index (κ1) is 29.6. The minimum absolute atomic E-state index is 0.00501. The highest BCUT2D eigenvalue weighted by Gasteiger charge is 2.70. The average molecular weight is 575 g/mol. The Morgan fingerprint density at radius 3 is 2.29 bits per heavy atom. The van der Waals surface area contributed by atoms with Crippen LogP contribution in [0.25, 0.3) is 4.85 Å². The van der Waals surface area contributed by atoms with Crippen molar-refractivity contribution in [2.24, 2.45) is 44.8 Å². The molecule has 0 heterocycles.